The van der Waals surface area contributed by atoms with Gasteiger partial charge in [-0.25, -0.2) is 26.5 Å². The predicted molar refractivity (Wildman–Crippen MR) is 143 cm³/mol. The van der Waals surface area contributed by atoms with E-state index in [-0.39, 0.29) is 29.0 Å². The number of piperidine rings is 1. The molecule has 2 fully saturated rings. The van der Waals surface area contributed by atoms with Gasteiger partial charge in [0, 0.05) is 49.5 Å². The number of benzene rings is 1. The van der Waals surface area contributed by atoms with E-state index < -0.39 is 31.8 Å². The molecule has 39 heavy (non-hydrogen) atoms. The van der Waals surface area contributed by atoms with Crippen molar-refractivity contribution in [2.45, 2.75) is 46.8 Å². The van der Waals surface area contributed by atoms with Crippen LogP contribution in [0.3, 0.4) is 0 Å². The summed E-state index contributed by atoms with van der Waals surface area (Å²) in [6.07, 6.45) is 4.19. The van der Waals surface area contributed by atoms with Gasteiger partial charge in [0.05, 0.1) is 17.1 Å². The maximum atomic E-state index is 13.3. The molecular weight excluding hydrogens is 546 g/mol. The third-order valence-electron chi connectivity index (χ3n) is 7.34. The Hall–Kier alpha value is -2.59. The second-order valence-electron chi connectivity index (χ2n) is 9.91. The highest BCUT2D eigenvalue weighted by Crippen LogP contribution is 2.38. The minimum atomic E-state index is -3.66. The zero-order chi connectivity index (χ0) is 27.7. The molecule has 14 heteroatoms. The summed E-state index contributed by atoms with van der Waals surface area (Å²) in [6, 6.07) is 9.57. The molecule has 5 rings (SSSR count). The maximum Gasteiger partial charge on any atom is 0.245 e. The van der Waals surface area contributed by atoms with E-state index in [1.165, 1.54) is 29.7 Å². The molecule has 0 bridgehead atoms. The third-order valence-corrected chi connectivity index (χ3v) is 10.7. The van der Waals surface area contributed by atoms with Gasteiger partial charge in [0.25, 0.3) is 0 Å². The molecule has 2 aliphatic rings. The molecule has 12 nitrogen and oxygen atoms in total. The van der Waals surface area contributed by atoms with E-state index in [0.717, 1.165) is 6.42 Å². The van der Waals surface area contributed by atoms with Crippen LogP contribution in [0.2, 0.25) is 0 Å². The summed E-state index contributed by atoms with van der Waals surface area (Å²) in [5.74, 6) is 0.346. The van der Waals surface area contributed by atoms with E-state index in [4.69, 9.17) is 9.47 Å². The van der Waals surface area contributed by atoms with Crippen LogP contribution in [0.15, 0.2) is 58.6 Å². The van der Waals surface area contributed by atoms with Crippen molar-refractivity contribution in [2.75, 3.05) is 39.9 Å². The van der Waals surface area contributed by atoms with E-state index in [0.29, 0.717) is 49.3 Å². The SMILES string of the molecule is CNS(=O)(=O)c1cccc(OCC(O)CN[C@H]2COC3(CCN(S(=O)(=O)c4c[nH]c5ncccc45)CC3)C2)c1. The molecule has 1 spiro atoms. The van der Waals surface area contributed by atoms with Gasteiger partial charge in [0.15, 0.2) is 0 Å². The van der Waals surface area contributed by atoms with Crippen LogP contribution in [0.25, 0.3) is 11.0 Å². The van der Waals surface area contributed by atoms with Crippen molar-refractivity contribution in [1.29, 1.82) is 0 Å². The Morgan fingerprint density at radius 3 is 2.79 bits per heavy atom. The number of aromatic amines is 1. The smallest absolute Gasteiger partial charge is 0.245 e. The lowest BCUT2D eigenvalue weighted by Gasteiger charge is -2.37. The van der Waals surface area contributed by atoms with E-state index in [1.807, 2.05) is 0 Å². The van der Waals surface area contributed by atoms with Crippen LogP contribution in [0, 0.1) is 0 Å². The maximum absolute atomic E-state index is 13.3. The first kappa shape index (κ1) is 28.0. The number of fused-ring (bicyclic) bond motifs is 1. The predicted octanol–water partition coefficient (Wildman–Crippen LogP) is 0.813. The minimum absolute atomic E-state index is 0.00898. The van der Waals surface area contributed by atoms with Crippen LogP contribution >= 0.6 is 0 Å². The number of hydrogen-bond acceptors (Lipinski definition) is 9. The Morgan fingerprint density at radius 1 is 1.23 bits per heavy atom. The number of sulfonamides is 2. The van der Waals surface area contributed by atoms with E-state index in [9.17, 15) is 21.9 Å². The van der Waals surface area contributed by atoms with Gasteiger partial charge in [-0.3, -0.25) is 0 Å². The van der Waals surface area contributed by atoms with Crippen molar-refractivity contribution in [3.63, 3.8) is 0 Å². The quantitative estimate of drug-likeness (QED) is 0.272. The number of H-pyrrole nitrogens is 1. The van der Waals surface area contributed by atoms with Crippen molar-refractivity contribution in [3.05, 3.63) is 48.8 Å². The Kier molecular flexibility index (Phi) is 7.97. The normalized spacial score (nSPS) is 20.9. The fourth-order valence-electron chi connectivity index (χ4n) is 5.14. The van der Waals surface area contributed by atoms with Crippen molar-refractivity contribution >= 4 is 31.1 Å². The molecule has 2 aromatic heterocycles. The number of aliphatic hydroxyl groups excluding tert-OH is 1. The fraction of sp³-hybridized carbons (Fsp3) is 0.480. The van der Waals surface area contributed by atoms with Gasteiger partial charge in [-0.1, -0.05) is 6.07 Å². The van der Waals surface area contributed by atoms with E-state index in [1.54, 1.807) is 30.5 Å². The highest BCUT2D eigenvalue weighted by Gasteiger charge is 2.45. The van der Waals surface area contributed by atoms with Gasteiger partial charge >= 0.3 is 0 Å². The number of nitrogens with one attached hydrogen (secondary N) is 3. The molecule has 4 heterocycles. The fourth-order valence-corrected chi connectivity index (χ4v) is 7.50. The first-order valence-corrected chi connectivity index (χ1v) is 15.7. The molecule has 2 aliphatic heterocycles. The molecule has 0 saturated carbocycles. The average Bonchev–Trinajstić information content (AvgIpc) is 3.56. The molecule has 212 valence electrons. The Labute approximate surface area is 227 Å². The largest absolute Gasteiger partial charge is 0.491 e. The van der Waals surface area contributed by atoms with E-state index >= 15 is 0 Å². The molecule has 4 N–H and O–H groups in total. The lowest BCUT2D eigenvalue weighted by molar-refractivity contribution is -0.0312. The van der Waals surface area contributed by atoms with Crippen molar-refractivity contribution in [2.24, 2.45) is 0 Å². The van der Waals surface area contributed by atoms with Crippen molar-refractivity contribution in [3.8, 4) is 5.75 Å². The lowest BCUT2D eigenvalue weighted by atomic mass is 9.88. The number of rotatable bonds is 10. The Morgan fingerprint density at radius 2 is 2.03 bits per heavy atom. The zero-order valence-corrected chi connectivity index (χ0v) is 23.2. The molecule has 2 atom stereocenters. The highest BCUT2D eigenvalue weighted by molar-refractivity contribution is 7.89. The van der Waals surface area contributed by atoms with Crippen molar-refractivity contribution in [1.82, 2.24) is 24.3 Å². The average molecular weight is 580 g/mol. The molecule has 0 aliphatic carbocycles. The highest BCUT2D eigenvalue weighted by atomic mass is 32.2. The third kappa shape index (κ3) is 5.96. The lowest BCUT2D eigenvalue weighted by Crippen LogP contribution is -2.47. The molecular formula is C25H33N5O7S2. The number of aliphatic hydroxyl groups is 1. The number of aromatic nitrogens is 2. The number of nitrogens with zero attached hydrogens (tertiary/aromatic N) is 2. The van der Waals surface area contributed by atoms with Gasteiger partial charge in [-0.15, -0.1) is 0 Å². The van der Waals surface area contributed by atoms with Crippen LogP contribution in [0.5, 0.6) is 5.75 Å². The van der Waals surface area contributed by atoms with Crippen LogP contribution < -0.4 is 14.8 Å². The van der Waals surface area contributed by atoms with Gasteiger partial charge in [-0.05, 0) is 50.6 Å². The summed E-state index contributed by atoms with van der Waals surface area (Å²) < 4.78 is 66.1. The molecule has 1 aromatic carbocycles. The van der Waals surface area contributed by atoms with E-state index in [2.05, 4.69) is 20.0 Å². The van der Waals surface area contributed by atoms with Crippen LogP contribution in [0.4, 0.5) is 0 Å². The second kappa shape index (κ2) is 11.1. The molecule has 0 radical (unpaired) electrons. The summed E-state index contributed by atoms with van der Waals surface area (Å²) in [5, 5.41) is 14.3. The van der Waals surface area contributed by atoms with Crippen LogP contribution in [-0.4, -0.2) is 93.9 Å². The summed E-state index contributed by atoms with van der Waals surface area (Å²) in [7, 11) is -5.91. The molecule has 1 unspecified atom stereocenters. The Bertz CT molecular complexity index is 1520. The van der Waals surface area contributed by atoms with Crippen molar-refractivity contribution < 1.29 is 31.4 Å². The summed E-state index contributed by atoms with van der Waals surface area (Å²) in [4.78, 5) is 7.44. The molecule has 3 aromatic rings. The van der Waals surface area contributed by atoms with Gasteiger partial charge in [-0.2, -0.15) is 4.31 Å². The second-order valence-corrected chi connectivity index (χ2v) is 13.7. The minimum Gasteiger partial charge on any atom is -0.491 e. The number of ether oxygens (including phenoxy) is 2. The Balaban J connectivity index is 1.09. The standard InChI is InChI=1S/C25H33N5O7S2/c1-26-38(32,33)21-5-2-4-20(12-21)36-17-19(31)14-28-18-13-25(37-16-18)7-10-30(11-8-25)39(34,35)23-15-29-24-22(23)6-3-9-27-24/h2-6,9,12,15,18-19,26,28,31H,7-8,10-11,13-14,16-17H2,1H3,(H,27,29)/t18-,19?/m1/s1. The van der Waals surface area contributed by atoms with Gasteiger partial charge in [0.2, 0.25) is 20.0 Å². The number of pyridine rings is 1. The summed E-state index contributed by atoms with van der Waals surface area (Å²) in [6.45, 7) is 1.46. The topological polar surface area (TPSA) is 163 Å². The molecule has 2 saturated heterocycles. The monoisotopic (exact) mass is 579 g/mol. The summed E-state index contributed by atoms with van der Waals surface area (Å²) in [5.41, 5.74) is 0.145. The first-order chi connectivity index (χ1) is 18.6. The number of hydrogen-bond donors (Lipinski definition) is 4. The van der Waals surface area contributed by atoms with Gasteiger partial charge < -0.3 is 24.9 Å². The molecule has 0 amide bonds. The van der Waals surface area contributed by atoms with Crippen LogP contribution in [-0.2, 0) is 24.8 Å². The van der Waals surface area contributed by atoms with Crippen LogP contribution in [0.1, 0.15) is 19.3 Å². The first-order valence-electron chi connectivity index (χ1n) is 12.8. The van der Waals surface area contributed by atoms with Gasteiger partial charge in [0.1, 0.15) is 29.0 Å². The zero-order valence-electron chi connectivity index (χ0n) is 21.5. The summed E-state index contributed by atoms with van der Waals surface area (Å²) >= 11 is 0.